The average molecular weight is 407 g/mol. The maximum atomic E-state index is 2.08. The predicted molar refractivity (Wildman–Crippen MR) is 117 cm³/mol. The molecule has 0 unspecified atom stereocenters. The van der Waals surface area contributed by atoms with Crippen molar-refractivity contribution in [2.45, 2.75) is 0 Å². The van der Waals surface area contributed by atoms with E-state index in [1.165, 1.54) is 0 Å². The molecule has 0 atom stereocenters. The largest absolute Gasteiger partial charge is 0.105 e. The van der Waals surface area contributed by atoms with Crippen LogP contribution < -0.4 is 0 Å². The molecule has 0 amide bonds. The fourth-order valence-electron chi connectivity index (χ4n) is 0.767. The first-order valence-electron chi connectivity index (χ1n) is 5.63. The third-order valence-electron chi connectivity index (χ3n) is 1.49. The zero-order valence-corrected chi connectivity index (χ0v) is 16.7. The van der Waals surface area contributed by atoms with Crippen LogP contribution in [0.25, 0.3) is 0 Å². The van der Waals surface area contributed by atoms with Gasteiger partial charge in [-0.1, -0.05) is 0 Å². The van der Waals surface area contributed by atoms with Crippen LogP contribution >= 0.6 is 82.3 Å². The predicted octanol–water partition coefficient (Wildman–Crippen LogP) is 8.43. The van der Waals surface area contributed by atoms with Crippen LogP contribution in [0.5, 0.6) is 0 Å². The quantitative estimate of drug-likeness (QED) is 0.390. The van der Waals surface area contributed by atoms with Crippen LogP contribution in [-0.2, 0) is 0 Å². The number of hydrogen-bond acceptors (Lipinski definition) is 7. The van der Waals surface area contributed by atoms with Gasteiger partial charge in [-0.15, -0.1) is 82.3 Å². The molecule has 0 N–H and O–H groups in total. The molecule has 0 aromatic carbocycles. The molecule has 21 heavy (non-hydrogen) atoms. The second-order valence-corrected chi connectivity index (χ2v) is 8.57. The Morgan fingerprint density at radius 3 is 0.381 bits per heavy atom. The summed E-state index contributed by atoms with van der Waals surface area (Å²) in [5.74, 6) is 0. The van der Waals surface area contributed by atoms with E-state index < -0.39 is 0 Å². The third kappa shape index (κ3) is 15.3. The smallest absolute Gasteiger partial charge is 0.0181 e. The number of rotatable bonds is 0. The van der Waals surface area contributed by atoms with E-state index in [0.717, 1.165) is 0 Å². The summed E-state index contributed by atoms with van der Waals surface area (Å²) in [4.78, 5) is 0. The molecule has 7 heteroatoms. The molecule has 1 aliphatic rings. The summed E-state index contributed by atoms with van der Waals surface area (Å²) < 4.78 is 0. The highest BCUT2D eigenvalue weighted by molar-refractivity contribution is 8.12. The summed E-state index contributed by atoms with van der Waals surface area (Å²) in [6.07, 6.45) is 0. The van der Waals surface area contributed by atoms with Crippen molar-refractivity contribution in [1.29, 1.82) is 0 Å². The summed E-state index contributed by atoms with van der Waals surface area (Å²) in [5.41, 5.74) is 0. The Balaban J connectivity index is 2.41. The average Bonchev–Trinajstić information content (AvgIpc) is 2.50. The fraction of sp³-hybridized carbons (Fsp3) is 0. The van der Waals surface area contributed by atoms with Crippen LogP contribution in [0.3, 0.4) is 0 Å². The summed E-state index contributed by atoms with van der Waals surface area (Å²) in [5, 5.41) is 29.1. The van der Waals surface area contributed by atoms with E-state index in [2.05, 4.69) is 75.7 Å². The second-order valence-electron chi connectivity index (χ2n) is 2.86. The summed E-state index contributed by atoms with van der Waals surface area (Å²) in [7, 11) is 0. The van der Waals surface area contributed by atoms with Gasteiger partial charge in [0.2, 0.25) is 0 Å². The van der Waals surface area contributed by atoms with Gasteiger partial charge in [0.05, 0.1) is 0 Å². The highest BCUT2D eigenvalue weighted by atomic mass is 32.2. The highest BCUT2D eigenvalue weighted by Gasteiger charge is 1.78. The van der Waals surface area contributed by atoms with Crippen LogP contribution in [0, 0.1) is 0 Å². The first-order chi connectivity index (χ1) is 10.5. The molecule has 1 aliphatic heterocycles. The van der Waals surface area contributed by atoms with E-state index in [4.69, 9.17) is 0 Å². The van der Waals surface area contributed by atoms with E-state index in [-0.39, 0.29) is 0 Å². The van der Waals surface area contributed by atoms with Gasteiger partial charge in [-0.05, 0) is 75.7 Å². The van der Waals surface area contributed by atoms with Crippen LogP contribution in [0.1, 0.15) is 0 Å². The summed E-state index contributed by atoms with van der Waals surface area (Å²) >= 11 is 11.7. The highest BCUT2D eigenvalue weighted by Crippen LogP contribution is 2.19. The maximum absolute atomic E-state index is 2.08. The minimum atomic E-state index is 1.68. The Morgan fingerprint density at radius 1 is 0.190 bits per heavy atom. The molecule has 1 heterocycles. The molecular weight excluding hydrogens is 393 g/mol. The lowest BCUT2D eigenvalue weighted by atomic mass is 11.2. The van der Waals surface area contributed by atoms with E-state index in [1.807, 2.05) is 0 Å². The lowest BCUT2D eigenvalue weighted by Gasteiger charge is -1.84. The van der Waals surface area contributed by atoms with Gasteiger partial charge in [0.15, 0.2) is 0 Å². The van der Waals surface area contributed by atoms with E-state index in [9.17, 15) is 0 Å². The Bertz CT molecular complexity index is 298. The van der Waals surface area contributed by atoms with Crippen molar-refractivity contribution in [3.05, 3.63) is 75.7 Å². The van der Waals surface area contributed by atoms with Gasteiger partial charge in [-0.3, -0.25) is 0 Å². The van der Waals surface area contributed by atoms with Gasteiger partial charge in [0.25, 0.3) is 0 Å². The second kappa shape index (κ2) is 17.0. The van der Waals surface area contributed by atoms with E-state index in [1.54, 1.807) is 82.3 Å². The Kier molecular flexibility index (Phi) is 15.9. The zero-order chi connectivity index (χ0) is 14.8. The normalized spacial score (nSPS) is 29.3. The molecule has 0 bridgehead atoms. The van der Waals surface area contributed by atoms with Gasteiger partial charge < -0.3 is 0 Å². The molecular formula is C14H14S7. The first-order valence-corrected chi connectivity index (χ1v) is 12.2. The van der Waals surface area contributed by atoms with Crippen LogP contribution in [0.15, 0.2) is 75.7 Å². The third-order valence-corrected chi connectivity index (χ3v) is 6.80. The summed E-state index contributed by atoms with van der Waals surface area (Å²) in [6.45, 7) is 0. The van der Waals surface area contributed by atoms with Gasteiger partial charge in [-0.2, -0.15) is 0 Å². The molecule has 0 fully saturated rings. The van der Waals surface area contributed by atoms with E-state index >= 15 is 0 Å². The molecule has 0 aromatic heterocycles. The van der Waals surface area contributed by atoms with Crippen molar-refractivity contribution in [3.8, 4) is 0 Å². The molecule has 0 radical (unpaired) electrons. The van der Waals surface area contributed by atoms with Crippen molar-refractivity contribution in [3.63, 3.8) is 0 Å². The zero-order valence-electron chi connectivity index (χ0n) is 10.9. The monoisotopic (exact) mass is 406 g/mol. The van der Waals surface area contributed by atoms with Crippen molar-refractivity contribution < 1.29 is 0 Å². The summed E-state index contributed by atoms with van der Waals surface area (Å²) in [6, 6.07) is 0. The van der Waals surface area contributed by atoms with Crippen LogP contribution in [0.4, 0.5) is 0 Å². The lowest BCUT2D eigenvalue weighted by Crippen LogP contribution is -1.47. The number of thioether (sulfide) groups is 7. The lowest BCUT2D eigenvalue weighted by molar-refractivity contribution is 2.43. The minimum absolute atomic E-state index is 1.68. The Labute approximate surface area is 157 Å². The van der Waals surface area contributed by atoms with Crippen LogP contribution in [0.2, 0.25) is 0 Å². The molecule has 112 valence electrons. The van der Waals surface area contributed by atoms with Gasteiger partial charge in [-0.25, -0.2) is 0 Å². The molecule has 1 rings (SSSR count). The molecule has 0 saturated carbocycles. The van der Waals surface area contributed by atoms with Crippen molar-refractivity contribution >= 4 is 82.3 Å². The first kappa shape index (κ1) is 19.7. The van der Waals surface area contributed by atoms with E-state index in [0.29, 0.717) is 0 Å². The Morgan fingerprint density at radius 2 is 0.286 bits per heavy atom. The standard InChI is InChI=1S/C14H14S7/c1-2-16-5-6-18-9-10-20-13-14-21-12-11-19-8-7-17-4-3-15-1/h1-14H/b2-1-,4-3-,6-5-,8-7-,10-9-,12-11-,14-13+. The fourth-order valence-corrected chi connectivity index (χ4v) is 4.99. The maximum Gasteiger partial charge on any atom is -0.0181 e. The Hall–Kier alpha value is 0.630. The molecule has 0 aromatic rings. The van der Waals surface area contributed by atoms with Crippen molar-refractivity contribution in [2.24, 2.45) is 0 Å². The van der Waals surface area contributed by atoms with Crippen molar-refractivity contribution in [1.82, 2.24) is 0 Å². The van der Waals surface area contributed by atoms with Gasteiger partial charge in [0.1, 0.15) is 0 Å². The van der Waals surface area contributed by atoms with Crippen LogP contribution in [-0.4, -0.2) is 0 Å². The molecule has 0 nitrogen and oxygen atoms in total. The SMILES string of the molecule is C1=C\S/C=C\S/C=C\S/C=C/S/C=C\S/C=C\S/C=C\S/1. The van der Waals surface area contributed by atoms with Gasteiger partial charge >= 0.3 is 0 Å². The van der Waals surface area contributed by atoms with Gasteiger partial charge in [0, 0.05) is 0 Å². The van der Waals surface area contributed by atoms with Crippen molar-refractivity contribution in [2.75, 3.05) is 0 Å². The molecule has 0 spiro atoms. The molecule has 0 aliphatic carbocycles. The minimum Gasteiger partial charge on any atom is -0.105 e. The number of hydrogen-bond donors (Lipinski definition) is 0. The molecule has 0 saturated heterocycles. The topological polar surface area (TPSA) is 0 Å².